The summed E-state index contributed by atoms with van der Waals surface area (Å²) in [6.45, 7) is 2.34. The van der Waals surface area contributed by atoms with Gasteiger partial charge in [0.05, 0.1) is 6.04 Å². The summed E-state index contributed by atoms with van der Waals surface area (Å²) in [4.78, 5) is 13.1. The SMILES string of the molecule is C[C@H](c1ccccc1)N1CCC(=O)C[C@@H]1C(F)F. The summed E-state index contributed by atoms with van der Waals surface area (Å²) in [7, 11) is 0. The minimum Gasteiger partial charge on any atom is -0.300 e. The van der Waals surface area contributed by atoms with Gasteiger partial charge in [-0.3, -0.25) is 9.69 Å². The standard InChI is InChI=1S/C14H17F2NO/c1-10(11-5-3-2-4-6-11)17-8-7-12(18)9-13(17)14(15)16/h2-6,10,13-14H,7-9H2,1H3/t10-,13-/m1/s1. The van der Waals surface area contributed by atoms with Gasteiger partial charge in [-0.05, 0) is 12.5 Å². The Balaban J connectivity index is 2.17. The Hall–Kier alpha value is -1.29. The minimum absolute atomic E-state index is 0.0329. The lowest BCUT2D eigenvalue weighted by atomic mass is 9.96. The normalized spacial score (nSPS) is 23.3. The van der Waals surface area contributed by atoms with Crippen molar-refractivity contribution in [2.75, 3.05) is 6.54 Å². The second kappa shape index (κ2) is 5.57. The van der Waals surface area contributed by atoms with Crippen LogP contribution in [0, 0.1) is 0 Å². The van der Waals surface area contributed by atoms with Gasteiger partial charge >= 0.3 is 0 Å². The first kappa shape index (κ1) is 13.1. The highest BCUT2D eigenvalue weighted by Crippen LogP contribution is 2.29. The van der Waals surface area contributed by atoms with Gasteiger partial charge in [-0.15, -0.1) is 0 Å². The average molecular weight is 253 g/mol. The van der Waals surface area contributed by atoms with Crippen molar-refractivity contribution in [2.24, 2.45) is 0 Å². The quantitative estimate of drug-likeness (QED) is 0.825. The minimum atomic E-state index is -2.47. The molecule has 2 rings (SSSR count). The number of Topliss-reactive ketones (excluding diaryl/α,β-unsaturated/α-hetero) is 1. The molecule has 1 aliphatic heterocycles. The van der Waals surface area contributed by atoms with Crippen LogP contribution < -0.4 is 0 Å². The molecule has 0 spiro atoms. The zero-order chi connectivity index (χ0) is 13.1. The van der Waals surface area contributed by atoms with Crippen LogP contribution in [0.3, 0.4) is 0 Å². The summed E-state index contributed by atoms with van der Waals surface area (Å²) in [5.74, 6) is -0.0585. The molecule has 1 heterocycles. The van der Waals surface area contributed by atoms with Crippen LogP contribution >= 0.6 is 0 Å². The molecule has 2 nitrogen and oxygen atoms in total. The fourth-order valence-corrected chi connectivity index (χ4v) is 2.51. The van der Waals surface area contributed by atoms with Crippen LogP contribution in [-0.4, -0.2) is 29.7 Å². The van der Waals surface area contributed by atoms with E-state index in [9.17, 15) is 13.6 Å². The molecule has 4 heteroatoms. The van der Waals surface area contributed by atoms with Crippen molar-refractivity contribution in [1.29, 1.82) is 0 Å². The van der Waals surface area contributed by atoms with Gasteiger partial charge in [-0.25, -0.2) is 8.78 Å². The average Bonchev–Trinajstić information content (AvgIpc) is 2.39. The summed E-state index contributed by atoms with van der Waals surface area (Å²) >= 11 is 0. The molecule has 0 unspecified atom stereocenters. The monoisotopic (exact) mass is 253 g/mol. The molecule has 0 bridgehead atoms. The van der Waals surface area contributed by atoms with Gasteiger partial charge in [0.2, 0.25) is 0 Å². The summed E-state index contributed by atoms with van der Waals surface area (Å²) < 4.78 is 26.1. The maximum Gasteiger partial charge on any atom is 0.254 e. The first-order chi connectivity index (χ1) is 8.59. The number of alkyl halides is 2. The molecule has 0 saturated carbocycles. The Morgan fingerprint density at radius 3 is 2.56 bits per heavy atom. The number of rotatable bonds is 3. The van der Waals surface area contributed by atoms with E-state index >= 15 is 0 Å². The molecule has 18 heavy (non-hydrogen) atoms. The van der Waals surface area contributed by atoms with Gasteiger partial charge < -0.3 is 0 Å². The molecule has 1 aromatic carbocycles. The van der Waals surface area contributed by atoms with Crippen LogP contribution in [-0.2, 0) is 4.79 Å². The lowest BCUT2D eigenvalue weighted by molar-refractivity contribution is -0.127. The topological polar surface area (TPSA) is 20.3 Å². The van der Waals surface area contributed by atoms with Crippen molar-refractivity contribution in [3.8, 4) is 0 Å². The van der Waals surface area contributed by atoms with Gasteiger partial charge in [0.1, 0.15) is 5.78 Å². The maximum atomic E-state index is 13.0. The van der Waals surface area contributed by atoms with Crippen LogP contribution in [0.25, 0.3) is 0 Å². The smallest absolute Gasteiger partial charge is 0.254 e. The molecule has 0 amide bonds. The first-order valence-corrected chi connectivity index (χ1v) is 6.20. The van der Waals surface area contributed by atoms with Crippen LogP contribution in [0.5, 0.6) is 0 Å². The fraction of sp³-hybridized carbons (Fsp3) is 0.500. The Morgan fingerprint density at radius 1 is 1.28 bits per heavy atom. The fourth-order valence-electron chi connectivity index (χ4n) is 2.51. The molecule has 0 radical (unpaired) electrons. The van der Waals surface area contributed by atoms with Gasteiger partial charge in [0.15, 0.2) is 0 Å². The number of piperidine rings is 1. The molecule has 1 fully saturated rings. The van der Waals surface area contributed by atoms with E-state index < -0.39 is 12.5 Å². The van der Waals surface area contributed by atoms with Crippen molar-refractivity contribution >= 4 is 5.78 Å². The summed E-state index contributed by atoms with van der Waals surface area (Å²) in [5, 5.41) is 0. The van der Waals surface area contributed by atoms with E-state index in [2.05, 4.69) is 0 Å². The third kappa shape index (κ3) is 2.75. The van der Waals surface area contributed by atoms with E-state index in [1.807, 2.05) is 37.3 Å². The van der Waals surface area contributed by atoms with Crippen molar-refractivity contribution in [3.05, 3.63) is 35.9 Å². The molecule has 0 aliphatic carbocycles. The van der Waals surface area contributed by atoms with E-state index in [-0.39, 0.29) is 18.2 Å². The van der Waals surface area contributed by atoms with Gasteiger partial charge in [-0.2, -0.15) is 0 Å². The molecule has 1 aromatic rings. The zero-order valence-corrected chi connectivity index (χ0v) is 10.4. The number of carbonyl (C=O) groups is 1. The number of carbonyl (C=O) groups excluding carboxylic acids is 1. The van der Waals surface area contributed by atoms with Crippen molar-refractivity contribution in [2.45, 2.75) is 38.3 Å². The number of hydrogen-bond acceptors (Lipinski definition) is 2. The van der Waals surface area contributed by atoms with Crippen LogP contribution in [0.1, 0.15) is 31.4 Å². The molecule has 0 N–H and O–H groups in total. The van der Waals surface area contributed by atoms with E-state index in [1.165, 1.54) is 0 Å². The van der Waals surface area contributed by atoms with Gasteiger partial charge in [-0.1, -0.05) is 30.3 Å². The number of ketones is 1. The van der Waals surface area contributed by atoms with Crippen molar-refractivity contribution in [3.63, 3.8) is 0 Å². The van der Waals surface area contributed by atoms with Crippen LogP contribution in [0.2, 0.25) is 0 Å². The van der Waals surface area contributed by atoms with Gasteiger partial charge in [0, 0.05) is 25.4 Å². The number of nitrogens with zero attached hydrogens (tertiary/aromatic N) is 1. The molecule has 98 valence electrons. The highest BCUT2D eigenvalue weighted by atomic mass is 19.3. The number of benzene rings is 1. The third-order valence-corrected chi connectivity index (χ3v) is 3.58. The predicted octanol–water partition coefficient (Wildman–Crippen LogP) is 3.05. The summed E-state index contributed by atoms with van der Waals surface area (Å²) in [6.07, 6.45) is -2.13. The van der Waals surface area contributed by atoms with Crippen molar-refractivity contribution in [1.82, 2.24) is 4.90 Å². The van der Waals surface area contributed by atoms with Gasteiger partial charge in [0.25, 0.3) is 6.43 Å². The Morgan fingerprint density at radius 2 is 1.94 bits per heavy atom. The lowest BCUT2D eigenvalue weighted by Gasteiger charge is -2.38. The largest absolute Gasteiger partial charge is 0.300 e. The summed E-state index contributed by atoms with van der Waals surface area (Å²) in [5.41, 5.74) is 1.01. The van der Waals surface area contributed by atoms with E-state index in [1.54, 1.807) is 4.90 Å². The number of likely N-dealkylation sites (tertiary alicyclic amines) is 1. The first-order valence-electron chi connectivity index (χ1n) is 6.20. The lowest BCUT2D eigenvalue weighted by Crippen LogP contribution is -2.47. The second-order valence-corrected chi connectivity index (χ2v) is 4.72. The number of hydrogen-bond donors (Lipinski definition) is 0. The van der Waals surface area contributed by atoms with Crippen molar-refractivity contribution < 1.29 is 13.6 Å². The highest BCUT2D eigenvalue weighted by Gasteiger charge is 2.36. The Labute approximate surface area is 106 Å². The molecule has 1 saturated heterocycles. The molecule has 2 atom stereocenters. The second-order valence-electron chi connectivity index (χ2n) is 4.72. The molecular formula is C14H17F2NO. The molecule has 1 aliphatic rings. The van der Waals surface area contributed by atoms with E-state index in [4.69, 9.17) is 0 Å². The third-order valence-electron chi connectivity index (χ3n) is 3.58. The molecule has 0 aromatic heterocycles. The van der Waals surface area contributed by atoms with E-state index in [0.29, 0.717) is 13.0 Å². The molecular weight excluding hydrogens is 236 g/mol. The predicted molar refractivity (Wildman–Crippen MR) is 65.6 cm³/mol. The Kier molecular flexibility index (Phi) is 4.07. The highest BCUT2D eigenvalue weighted by molar-refractivity contribution is 5.80. The zero-order valence-electron chi connectivity index (χ0n) is 10.4. The maximum absolute atomic E-state index is 13.0. The number of halogens is 2. The van der Waals surface area contributed by atoms with Crippen LogP contribution in [0.15, 0.2) is 30.3 Å². The van der Waals surface area contributed by atoms with Crippen LogP contribution in [0.4, 0.5) is 8.78 Å². The Bertz CT molecular complexity index is 408. The summed E-state index contributed by atoms with van der Waals surface area (Å²) in [6, 6.07) is 8.55. The van der Waals surface area contributed by atoms with E-state index in [0.717, 1.165) is 5.56 Å².